The predicted molar refractivity (Wildman–Crippen MR) is 49.4 cm³/mol. The Morgan fingerprint density at radius 3 is 2.55 bits per heavy atom. The maximum atomic E-state index is 6.15. The van der Waals surface area contributed by atoms with E-state index < -0.39 is 0 Å². The summed E-state index contributed by atoms with van der Waals surface area (Å²) in [5, 5.41) is 0. The minimum absolute atomic E-state index is 0.249. The summed E-state index contributed by atoms with van der Waals surface area (Å²) in [6.07, 6.45) is 5.08. The van der Waals surface area contributed by atoms with Gasteiger partial charge in [-0.15, -0.1) is 0 Å². The molecule has 0 spiro atoms. The molecule has 2 atom stereocenters. The maximum Gasteiger partial charge on any atom is 0.0186 e. The van der Waals surface area contributed by atoms with Gasteiger partial charge in [0.05, 0.1) is 0 Å². The molecule has 66 valence electrons. The van der Waals surface area contributed by atoms with Crippen LogP contribution in [0.3, 0.4) is 0 Å². The van der Waals surface area contributed by atoms with Crippen molar-refractivity contribution in [3.63, 3.8) is 0 Å². The quantitative estimate of drug-likeness (QED) is 0.663. The van der Waals surface area contributed by atoms with Gasteiger partial charge in [0.2, 0.25) is 0 Å². The Kier molecular flexibility index (Phi) is 2.58. The van der Waals surface area contributed by atoms with E-state index in [1.807, 2.05) is 0 Å². The van der Waals surface area contributed by atoms with Crippen molar-refractivity contribution in [1.29, 1.82) is 0 Å². The van der Waals surface area contributed by atoms with Crippen molar-refractivity contribution >= 4 is 0 Å². The Balaban J connectivity index is 2.18. The predicted octanol–water partition coefficient (Wildman–Crippen LogP) is 2.55. The molecule has 0 heterocycles. The number of hydrogen-bond donors (Lipinski definition) is 1. The van der Waals surface area contributed by atoms with Crippen LogP contribution in [0, 0.1) is 11.8 Å². The Bertz CT molecular complexity index is 131. The van der Waals surface area contributed by atoms with E-state index in [0.29, 0.717) is 0 Å². The zero-order chi connectivity index (χ0) is 8.48. The zero-order valence-corrected chi connectivity index (χ0v) is 8.06. The van der Waals surface area contributed by atoms with E-state index in [9.17, 15) is 0 Å². The van der Waals surface area contributed by atoms with Crippen LogP contribution in [0.25, 0.3) is 0 Å². The fourth-order valence-electron chi connectivity index (χ4n) is 1.81. The Labute approximate surface area is 70.4 Å². The molecule has 2 unspecified atom stereocenters. The molecular formula is C10H21N. The van der Waals surface area contributed by atoms with Gasteiger partial charge in [-0.25, -0.2) is 0 Å². The lowest BCUT2D eigenvalue weighted by Gasteiger charge is -2.12. The van der Waals surface area contributed by atoms with E-state index in [1.165, 1.54) is 25.7 Å². The van der Waals surface area contributed by atoms with Crippen LogP contribution in [-0.4, -0.2) is 5.54 Å². The molecule has 0 aromatic carbocycles. The molecule has 1 saturated carbocycles. The standard InChI is InChI=1S/C10H21N/c1-4-9-7-10(9,11)6-5-8(2)3/h8-9H,4-7,11H2,1-3H3. The summed E-state index contributed by atoms with van der Waals surface area (Å²) in [4.78, 5) is 0. The van der Waals surface area contributed by atoms with E-state index in [-0.39, 0.29) is 5.54 Å². The van der Waals surface area contributed by atoms with Crippen LogP contribution in [0.15, 0.2) is 0 Å². The molecule has 0 amide bonds. The second-order valence-electron chi connectivity index (χ2n) is 4.47. The lowest BCUT2D eigenvalue weighted by atomic mass is 10.0. The third-order valence-electron chi connectivity index (χ3n) is 2.96. The maximum absolute atomic E-state index is 6.15. The molecule has 0 aliphatic heterocycles. The Morgan fingerprint density at radius 1 is 1.55 bits per heavy atom. The number of rotatable bonds is 4. The van der Waals surface area contributed by atoms with Crippen LogP contribution in [-0.2, 0) is 0 Å². The highest BCUT2D eigenvalue weighted by Crippen LogP contribution is 2.46. The van der Waals surface area contributed by atoms with E-state index in [1.54, 1.807) is 0 Å². The Hall–Kier alpha value is -0.0400. The first kappa shape index (κ1) is 9.05. The molecule has 1 aliphatic carbocycles. The van der Waals surface area contributed by atoms with Crippen LogP contribution in [0.2, 0.25) is 0 Å². The molecule has 0 saturated heterocycles. The molecule has 0 aromatic rings. The molecule has 1 fully saturated rings. The summed E-state index contributed by atoms with van der Waals surface area (Å²) in [5.74, 6) is 1.65. The summed E-state index contributed by atoms with van der Waals surface area (Å²) in [7, 11) is 0. The fourth-order valence-corrected chi connectivity index (χ4v) is 1.81. The van der Waals surface area contributed by atoms with Gasteiger partial charge in [-0.3, -0.25) is 0 Å². The topological polar surface area (TPSA) is 26.0 Å². The number of hydrogen-bond acceptors (Lipinski definition) is 1. The van der Waals surface area contributed by atoms with Crippen molar-refractivity contribution in [3.05, 3.63) is 0 Å². The van der Waals surface area contributed by atoms with Gasteiger partial charge < -0.3 is 5.73 Å². The largest absolute Gasteiger partial charge is 0.325 e. The molecule has 0 radical (unpaired) electrons. The van der Waals surface area contributed by atoms with Gasteiger partial charge in [-0.05, 0) is 31.1 Å². The van der Waals surface area contributed by atoms with Gasteiger partial charge in [-0.2, -0.15) is 0 Å². The summed E-state index contributed by atoms with van der Waals surface area (Å²) >= 11 is 0. The number of nitrogens with two attached hydrogens (primary N) is 1. The first-order valence-corrected chi connectivity index (χ1v) is 4.87. The normalized spacial score (nSPS) is 36.3. The van der Waals surface area contributed by atoms with Crippen molar-refractivity contribution < 1.29 is 0 Å². The second-order valence-corrected chi connectivity index (χ2v) is 4.47. The van der Waals surface area contributed by atoms with Crippen LogP contribution >= 0.6 is 0 Å². The van der Waals surface area contributed by atoms with E-state index in [2.05, 4.69) is 20.8 Å². The third-order valence-corrected chi connectivity index (χ3v) is 2.96. The first-order valence-electron chi connectivity index (χ1n) is 4.87. The summed E-state index contributed by atoms with van der Waals surface area (Å²) < 4.78 is 0. The van der Waals surface area contributed by atoms with Gasteiger partial charge in [0, 0.05) is 5.54 Å². The molecule has 0 bridgehead atoms. The zero-order valence-electron chi connectivity index (χ0n) is 8.06. The molecule has 0 aromatic heterocycles. The summed E-state index contributed by atoms with van der Waals surface area (Å²) in [6.45, 7) is 6.79. The minimum Gasteiger partial charge on any atom is -0.325 e. The SMILES string of the molecule is CCC1CC1(N)CCC(C)C. The van der Waals surface area contributed by atoms with Crippen molar-refractivity contribution in [3.8, 4) is 0 Å². The molecular weight excluding hydrogens is 134 g/mol. The average molecular weight is 155 g/mol. The molecule has 2 N–H and O–H groups in total. The van der Waals surface area contributed by atoms with Crippen LogP contribution < -0.4 is 5.73 Å². The smallest absolute Gasteiger partial charge is 0.0186 e. The second kappa shape index (κ2) is 3.14. The molecule has 1 rings (SSSR count). The Morgan fingerprint density at radius 2 is 2.18 bits per heavy atom. The first-order chi connectivity index (χ1) is 5.08. The van der Waals surface area contributed by atoms with Crippen LogP contribution in [0.1, 0.15) is 46.5 Å². The van der Waals surface area contributed by atoms with Gasteiger partial charge in [0.15, 0.2) is 0 Å². The molecule has 11 heavy (non-hydrogen) atoms. The monoisotopic (exact) mass is 155 g/mol. The van der Waals surface area contributed by atoms with Gasteiger partial charge in [0.1, 0.15) is 0 Å². The van der Waals surface area contributed by atoms with Crippen molar-refractivity contribution in [2.45, 2.75) is 52.0 Å². The van der Waals surface area contributed by atoms with E-state index in [0.717, 1.165) is 11.8 Å². The van der Waals surface area contributed by atoms with Crippen LogP contribution in [0.4, 0.5) is 0 Å². The highest BCUT2D eigenvalue weighted by molar-refractivity contribution is 5.06. The average Bonchev–Trinajstić information content (AvgIpc) is 2.59. The molecule has 1 heteroatoms. The lowest BCUT2D eigenvalue weighted by Crippen LogP contribution is -2.25. The minimum atomic E-state index is 0.249. The van der Waals surface area contributed by atoms with Gasteiger partial charge in [-0.1, -0.05) is 27.2 Å². The highest BCUT2D eigenvalue weighted by atomic mass is 14.9. The third kappa shape index (κ3) is 2.19. The summed E-state index contributed by atoms with van der Waals surface area (Å²) in [5.41, 5.74) is 6.40. The molecule has 1 aliphatic rings. The highest BCUT2D eigenvalue weighted by Gasteiger charge is 2.48. The summed E-state index contributed by atoms with van der Waals surface area (Å²) in [6, 6.07) is 0. The van der Waals surface area contributed by atoms with Crippen molar-refractivity contribution in [2.75, 3.05) is 0 Å². The van der Waals surface area contributed by atoms with Crippen molar-refractivity contribution in [1.82, 2.24) is 0 Å². The lowest BCUT2D eigenvalue weighted by molar-refractivity contribution is 0.459. The van der Waals surface area contributed by atoms with Gasteiger partial charge >= 0.3 is 0 Å². The van der Waals surface area contributed by atoms with Crippen molar-refractivity contribution in [2.24, 2.45) is 17.6 Å². The fraction of sp³-hybridized carbons (Fsp3) is 1.00. The van der Waals surface area contributed by atoms with E-state index in [4.69, 9.17) is 5.73 Å². The van der Waals surface area contributed by atoms with Crippen LogP contribution in [0.5, 0.6) is 0 Å². The van der Waals surface area contributed by atoms with E-state index >= 15 is 0 Å². The molecule has 1 nitrogen and oxygen atoms in total. The van der Waals surface area contributed by atoms with Gasteiger partial charge in [0.25, 0.3) is 0 Å².